The van der Waals surface area contributed by atoms with E-state index in [4.69, 9.17) is 0 Å². The summed E-state index contributed by atoms with van der Waals surface area (Å²) >= 11 is 0. The van der Waals surface area contributed by atoms with E-state index in [-0.39, 0.29) is 31.2 Å². The molecule has 1 aromatic carbocycles. The van der Waals surface area contributed by atoms with Crippen LogP contribution >= 0.6 is 0 Å². The molecule has 7 heteroatoms. The second kappa shape index (κ2) is 5.08. The molecule has 1 heterocycles. The Morgan fingerprint density at radius 1 is 1.00 bits per heavy atom. The lowest BCUT2D eigenvalue weighted by atomic mass is 10.1. The number of unbranched alkanes of at least 4 members (excludes halogenated alkanes) is 1. The van der Waals surface area contributed by atoms with E-state index in [1.54, 1.807) is 24.3 Å². The van der Waals surface area contributed by atoms with Crippen LogP contribution in [0.15, 0.2) is 24.3 Å². The fourth-order valence-corrected chi connectivity index (χ4v) is 2.54. The Bertz CT molecular complexity index is 591. The molecule has 102 valence electrons. The van der Waals surface area contributed by atoms with E-state index in [9.17, 15) is 21.9 Å². The van der Waals surface area contributed by atoms with Crippen LogP contribution in [0.1, 0.15) is 33.6 Å². The normalized spacial score (nSPS) is 14.9. The molecule has 2 rings (SSSR count). The minimum atomic E-state index is -4.49. The first kappa shape index (κ1) is 13.7. The monoisotopic (exact) mass is 285 g/mol. The summed E-state index contributed by atoms with van der Waals surface area (Å²) in [6, 6.07) is 6.48. The predicted molar refractivity (Wildman–Crippen MR) is 65.9 cm³/mol. The largest absolute Gasteiger partial charge is 0.302 e. The second-order valence-corrected chi connectivity index (χ2v) is 5.74. The number of hydrogen-bond donors (Lipinski definition) is 0. The van der Waals surface area contributed by atoms with E-state index in [0.29, 0.717) is 11.1 Å². The molecule has 0 fully saturated rings. The molecule has 5 nitrogen and oxygen atoms in total. The first-order chi connectivity index (χ1) is 8.90. The van der Waals surface area contributed by atoms with Gasteiger partial charge in [-0.1, -0.05) is 12.1 Å². The molecule has 0 saturated heterocycles. The Balaban J connectivity index is 1.97. The Hall–Kier alpha value is -1.76. The molecule has 0 N–H and O–H groups in total. The molecule has 0 atom stereocenters. The van der Waals surface area contributed by atoms with Gasteiger partial charge in [0.25, 0.3) is 11.8 Å². The van der Waals surface area contributed by atoms with Gasteiger partial charge in [0.15, 0.2) is 0 Å². The zero-order chi connectivity index (χ0) is 14.0. The van der Waals surface area contributed by atoms with Gasteiger partial charge < -0.3 is 0 Å². The summed E-state index contributed by atoms with van der Waals surface area (Å²) in [6.07, 6.45) is 0.334. The third-order valence-corrected chi connectivity index (χ3v) is 3.67. The number of imide groups is 1. The summed E-state index contributed by atoms with van der Waals surface area (Å²) in [5, 5.41) is 0. The second-order valence-electron chi connectivity index (χ2n) is 4.26. The standard InChI is InChI=1S/C12H12FNO4S/c13-19(17,18)8-4-3-7-14-11(15)9-5-1-2-6-10(9)12(14)16/h1-2,5-6H,3-4,7-8H2. The van der Waals surface area contributed by atoms with Crippen LogP contribution in [0.3, 0.4) is 0 Å². The van der Waals surface area contributed by atoms with Gasteiger partial charge >= 0.3 is 10.2 Å². The lowest BCUT2D eigenvalue weighted by Gasteiger charge is -2.12. The van der Waals surface area contributed by atoms with Gasteiger partial charge in [0, 0.05) is 6.54 Å². The number of rotatable bonds is 5. The fourth-order valence-electron chi connectivity index (χ4n) is 1.99. The van der Waals surface area contributed by atoms with Crippen molar-refractivity contribution in [2.45, 2.75) is 12.8 Å². The van der Waals surface area contributed by atoms with Crippen molar-refractivity contribution in [1.29, 1.82) is 0 Å². The average molecular weight is 285 g/mol. The van der Waals surface area contributed by atoms with Crippen molar-refractivity contribution in [3.8, 4) is 0 Å². The number of fused-ring (bicyclic) bond motifs is 1. The van der Waals surface area contributed by atoms with Crippen molar-refractivity contribution in [1.82, 2.24) is 4.90 Å². The van der Waals surface area contributed by atoms with Gasteiger partial charge in [0.1, 0.15) is 0 Å². The number of carbonyl (C=O) groups is 2. The van der Waals surface area contributed by atoms with E-state index in [0.717, 1.165) is 4.90 Å². The van der Waals surface area contributed by atoms with Gasteiger partial charge in [0.05, 0.1) is 16.9 Å². The van der Waals surface area contributed by atoms with Crippen LogP contribution in [0.5, 0.6) is 0 Å². The third kappa shape index (κ3) is 2.98. The number of nitrogens with zero attached hydrogens (tertiary/aromatic N) is 1. The number of hydrogen-bond acceptors (Lipinski definition) is 4. The van der Waals surface area contributed by atoms with Crippen molar-refractivity contribution >= 4 is 22.0 Å². The molecule has 0 bridgehead atoms. The van der Waals surface area contributed by atoms with Crippen LogP contribution < -0.4 is 0 Å². The summed E-state index contributed by atoms with van der Waals surface area (Å²) < 4.78 is 32.9. The quantitative estimate of drug-likeness (QED) is 0.465. The smallest absolute Gasteiger partial charge is 0.274 e. The summed E-state index contributed by atoms with van der Waals surface area (Å²) in [6.45, 7) is 0.0991. The summed E-state index contributed by atoms with van der Waals surface area (Å²) in [4.78, 5) is 24.9. The molecule has 1 aromatic rings. The molecule has 0 radical (unpaired) electrons. The van der Waals surface area contributed by atoms with Crippen LogP contribution in [-0.4, -0.2) is 37.4 Å². The van der Waals surface area contributed by atoms with Gasteiger partial charge in [-0.3, -0.25) is 14.5 Å². The Labute approximate surface area is 110 Å². The summed E-state index contributed by atoms with van der Waals surface area (Å²) in [7, 11) is -4.49. The van der Waals surface area contributed by atoms with Crippen LogP contribution in [0.25, 0.3) is 0 Å². The molecule has 2 amide bonds. The Morgan fingerprint density at radius 2 is 1.53 bits per heavy atom. The molecule has 0 spiro atoms. The molecule has 1 aliphatic heterocycles. The fraction of sp³-hybridized carbons (Fsp3) is 0.333. The van der Waals surface area contributed by atoms with Crippen molar-refractivity contribution < 1.29 is 21.9 Å². The highest BCUT2D eigenvalue weighted by Crippen LogP contribution is 2.22. The summed E-state index contributed by atoms with van der Waals surface area (Å²) in [5.74, 6) is -1.36. The molecule has 1 aliphatic rings. The number of halogens is 1. The molecule has 0 aliphatic carbocycles. The van der Waals surface area contributed by atoms with Gasteiger partial charge in [0.2, 0.25) is 0 Å². The van der Waals surface area contributed by atoms with Crippen LogP contribution in [0.4, 0.5) is 3.89 Å². The maximum Gasteiger partial charge on any atom is 0.302 e. The van der Waals surface area contributed by atoms with E-state index in [1.165, 1.54) is 0 Å². The van der Waals surface area contributed by atoms with E-state index in [1.807, 2.05) is 0 Å². The van der Waals surface area contributed by atoms with Crippen LogP contribution in [0.2, 0.25) is 0 Å². The zero-order valence-electron chi connectivity index (χ0n) is 10.0. The van der Waals surface area contributed by atoms with E-state index >= 15 is 0 Å². The Kier molecular flexibility index (Phi) is 3.66. The van der Waals surface area contributed by atoms with Crippen molar-refractivity contribution in [2.24, 2.45) is 0 Å². The number of benzene rings is 1. The van der Waals surface area contributed by atoms with Crippen LogP contribution in [0, 0.1) is 0 Å². The van der Waals surface area contributed by atoms with Gasteiger partial charge in [-0.2, -0.15) is 8.42 Å². The van der Waals surface area contributed by atoms with E-state index in [2.05, 4.69) is 0 Å². The SMILES string of the molecule is O=C1c2ccccc2C(=O)N1CCCCS(=O)(=O)F. The number of carbonyl (C=O) groups excluding carboxylic acids is 2. The van der Waals surface area contributed by atoms with Gasteiger partial charge in [-0.25, -0.2) is 0 Å². The summed E-state index contributed by atoms with van der Waals surface area (Å²) in [5.41, 5.74) is 0.705. The van der Waals surface area contributed by atoms with Gasteiger partial charge in [-0.05, 0) is 25.0 Å². The number of amides is 2. The first-order valence-electron chi connectivity index (χ1n) is 5.78. The third-order valence-electron chi connectivity index (χ3n) is 2.90. The maximum absolute atomic E-state index is 12.3. The molecule has 19 heavy (non-hydrogen) atoms. The lowest BCUT2D eigenvalue weighted by molar-refractivity contribution is 0.0652. The zero-order valence-corrected chi connectivity index (χ0v) is 10.8. The maximum atomic E-state index is 12.3. The molecular weight excluding hydrogens is 273 g/mol. The minimum absolute atomic E-state index is 0.0756. The predicted octanol–water partition coefficient (Wildman–Crippen LogP) is 1.36. The molecule has 0 unspecified atom stereocenters. The first-order valence-corrected chi connectivity index (χ1v) is 7.33. The molecular formula is C12H12FNO4S. The van der Waals surface area contributed by atoms with Crippen molar-refractivity contribution in [3.05, 3.63) is 35.4 Å². The van der Waals surface area contributed by atoms with Gasteiger partial charge in [-0.15, -0.1) is 3.89 Å². The molecule has 0 saturated carbocycles. The van der Waals surface area contributed by atoms with Crippen molar-refractivity contribution in [2.75, 3.05) is 12.3 Å². The average Bonchev–Trinajstić information content (AvgIpc) is 2.58. The highest BCUT2D eigenvalue weighted by Gasteiger charge is 2.34. The topological polar surface area (TPSA) is 71.5 Å². The molecule has 0 aromatic heterocycles. The minimum Gasteiger partial charge on any atom is -0.274 e. The Morgan fingerprint density at radius 3 is 2.00 bits per heavy atom. The highest BCUT2D eigenvalue weighted by atomic mass is 32.3. The van der Waals surface area contributed by atoms with Crippen molar-refractivity contribution in [3.63, 3.8) is 0 Å². The van der Waals surface area contributed by atoms with Crippen LogP contribution in [-0.2, 0) is 10.2 Å². The highest BCUT2D eigenvalue weighted by molar-refractivity contribution is 7.86. The lowest BCUT2D eigenvalue weighted by Crippen LogP contribution is -2.30. The van der Waals surface area contributed by atoms with E-state index < -0.39 is 16.0 Å².